The van der Waals surface area contributed by atoms with Crippen molar-refractivity contribution in [2.45, 2.75) is 43.7 Å². The average Bonchev–Trinajstić information content (AvgIpc) is 2.87. The van der Waals surface area contributed by atoms with Crippen molar-refractivity contribution in [3.05, 3.63) is 22.4 Å². The van der Waals surface area contributed by atoms with E-state index in [9.17, 15) is 5.11 Å². The van der Waals surface area contributed by atoms with Crippen LogP contribution in [0, 0.1) is 0 Å². The lowest BCUT2D eigenvalue weighted by Crippen LogP contribution is -2.52. The van der Waals surface area contributed by atoms with Gasteiger partial charge in [0.15, 0.2) is 0 Å². The fourth-order valence-corrected chi connectivity index (χ4v) is 3.62. The molecule has 16 heavy (non-hydrogen) atoms. The lowest BCUT2D eigenvalue weighted by Gasteiger charge is -2.40. The number of hydrogen-bond donors (Lipinski definition) is 1. The third kappa shape index (κ3) is 2.17. The molecule has 1 heterocycles. The Labute approximate surface area is 102 Å². The minimum atomic E-state index is -0.233. The smallest absolute Gasteiger partial charge is 0.0771 e. The van der Waals surface area contributed by atoms with Gasteiger partial charge in [0.1, 0.15) is 0 Å². The number of aliphatic hydroxyl groups excluding tert-OH is 1. The fourth-order valence-electron chi connectivity index (χ4n) is 2.87. The van der Waals surface area contributed by atoms with Crippen LogP contribution in [-0.4, -0.2) is 35.7 Å². The molecule has 0 radical (unpaired) electrons. The molecule has 1 unspecified atom stereocenters. The maximum absolute atomic E-state index is 10.5. The maximum Gasteiger partial charge on any atom is 0.0771 e. The van der Waals surface area contributed by atoms with E-state index in [1.807, 2.05) is 0 Å². The quantitative estimate of drug-likeness (QED) is 0.873. The molecule has 1 aliphatic carbocycles. The van der Waals surface area contributed by atoms with E-state index in [-0.39, 0.29) is 11.6 Å². The predicted molar refractivity (Wildman–Crippen MR) is 68.9 cm³/mol. The summed E-state index contributed by atoms with van der Waals surface area (Å²) in [5.74, 6) is 0. The summed E-state index contributed by atoms with van der Waals surface area (Å²) in [7, 11) is 4.20. The van der Waals surface area contributed by atoms with E-state index in [0.29, 0.717) is 0 Å². The van der Waals surface area contributed by atoms with Crippen LogP contribution in [0.3, 0.4) is 0 Å². The van der Waals surface area contributed by atoms with Crippen molar-refractivity contribution in [3.63, 3.8) is 0 Å². The first-order chi connectivity index (χ1) is 7.65. The van der Waals surface area contributed by atoms with E-state index in [1.165, 1.54) is 17.7 Å². The van der Waals surface area contributed by atoms with Crippen LogP contribution in [0.5, 0.6) is 0 Å². The molecule has 1 aliphatic rings. The number of aliphatic hydroxyl groups is 1. The topological polar surface area (TPSA) is 23.5 Å². The minimum absolute atomic E-state index is 0.0178. The number of thiophene rings is 1. The summed E-state index contributed by atoms with van der Waals surface area (Å²) >= 11 is 1.74. The third-order valence-corrected chi connectivity index (χ3v) is 4.85. The van der Waals surface area contributed by atoms with Crippen molar-refractivity contribution >= 4 is 11.3 Å². The van der Waals surface area contributed by atoms with Gasteiger partial charge in [-0.05, 0) is 38.4 Å². The summed E-state index contributed by atoms with van der Waals surface area (Å²) in [4.78, 5) is 3.53. The first-order valence-corrected chi connectivity index (χ1v) is 6.91. The third-order valence-electron chi connectivity index (χ3n) is 3.95. The molecular weight excluding hydrogens is 218 g/mol. The number of likely N-dealkylation sites (N-methyl/N-ethyl adjacent to an activating group) is 1. The molecule has 2 rings (SSSR count). The normalized spacial score (nSPS) is 21.5. The van der Waals surface area contributed by atoms with Crippen molar-refractivity contribution in [2.75, 3.05) is 14.1 Å². The van der Waals surface area contributed by atoms with Gasteiger partial charge in [0.2, 0.25) is 0 Å². The van der Waals surface area contributed by atoms with E-state index in [1.54, 1.807) is 11.3 Å². The summed E-state index contributed by atoms with van der Waals surface area (Å²) < 4.78 is 0. The monoisotopic (exact) mass is 239 g/mol. The van der Waals surface area contributed by atoms with Crippen LogP contribution in [0.25, 0.3) is 0 Å². The molecule has 1 N–H and O–H groups in total. The van der Waals surface area contributed by atoms with Crippen LogP contribution in [0.4, 0.5) is 0 Å². The van der Waals surface area contributed by atoms with Gasteiger partial charge < -0.3 is 10.0 Å². The zero-order valence-electron chi connectivity index (χ0n) is 10.1. The molecule has 1 fully saturated rings. The summed E-state index contributed by atoms with van der Waals surface area (Å²) in [5.41, 5.74) is 0.0178. The molecule has 1 saturated carbocycles. The Balaban J connectivity index is 2.08. The Morgan fingerprint density at radius 3 is 2.62 bits per heavy atom. The molecule has 0 amide bonds. The minimum Gasteiger partial charge on any atom is -0.391 e. The molecular formula is C13H21NOS. The molecule has 2 nitrogen and oxygen atoms in total. The lowest BCUT2D eigenvalue weighted by molar-refractivity contribution is -0.00206. The number of hydrogen-bond acceptors (Lipinski definition) is 3. The zero-order chi connectivity index (χ0) is 11.6. The van der Waals surface area contributed by atoms with Gasteiger partial charge in [0.05, 0.1) is 6.10 Å². The first kappa shape index (κ1) is 12.1. The number of rotatable bonds is 4. The summed E-state index contributed by atoms with van der Waals surface area (Å²) in [6.45, 7) is 0. The Hall–Kier alpha value is -0.380. The summed E-state index contributed by atoms with van der Waals surface area (Å²) in [5, 5.41) is 12.6. The lowest BCUT2D eigenvalue weighted by atomic mass is 9.87. The fraction of sp³-hybridized carbons (Fsp3) is 0.692. The highest BCUT2D eigenvalue weighted by Gasteiger charge is 2.42. The highest BCUT2D eigenvalue weighted by atomic mass is 32.1. The van der Waals surface area contributed by atoms with Gasteiger partial charge in [-0.3, -0.25) is 0 Å². The second kappa shape index (κ2) is 4.86. The molecule has 90 valence electrons. The van der Waals surface area contributed by atoms with Crippen LogP contribution in [0.1, 0.15) is 30.6 Å². The summed E-state index contributed by atoms with van der Waals surface area (Å²) in [6.07, 6.45) is 5.33. The van der Waals surface area contributed by atoms with Crippen LogP contribution in [0.2, 0.25) is 0 Å². The first-order valence-electron chi connectivity index (χ1n) is 6.03. The van der Waals surface area contributed by atoms with E-state index in [0.717, 1.165) is 19.3 Å². The van der Waals surface area contributed by atoms with Crippen molar-refractivity contribution in [1.29, 1.82) is 0 Å². The maximum atomic E-state index is 10.5. The van der Waals surface area contributed by atoms with Gasteiger partial charge in [-0.1, -0.05) is 18.9 Å². The van der Waals surface area contributed by atoms with Crippen molar-refractivity contribution < 1.29 is 5.11 Å². The van der Waals surface area contributed by atoms with E-state index in [4.69, 9.17) is 0 Å². The van der Waals surface area contributed by atoms with E-state index in [2.05, 4.69) is 36.5 Å². The molecule has 0 bridgehead atoms. The highest BCUT2D eigenvalue weighted by molar-refractivity contribution is 7.09. The Morgan fingerprint density at radius 1 is 1.44 bits per heavy atom. The SMILES string of the molecule is CN(C)C1(C(O)Cc2cccs2)CCCC1. The Kier molecular flexibility index (Phi) is 3.67. The van der Waals surface area contributed by atoms with Crippen LogP contribution < -0.4 is 0 Å². The molecule has 1 aromatic rings. The molecule has 0 saturated heterocycles. The zero-order valence-corrected chi connectivity index (χ0v) is 11.0. The van der Waals surface area contributed by atoms with Gasteiger partial charge >= 0.3 is 0 Å². The second-order valence-corrected chi connectivity index (χ2v) is 6.04. The van der Waals surface area contributed by atoms with Gasteiger partial charge in [-0.15, -0.1) is 11.3 Å². The molecule has 3 heteroatoms. The van der Waals surface area contributed by atoms with Gasteiger partial charge in [0.25, 0.3) is 0 Å². The predicted octanol–water partition coefficient (Wildman–Crippen LogP) is 2.53. The molecule has 1 aromatic heterocycles. The molecule has 0 spiro atoms. The van der Waals surface area contributed by atoms with Crippen LogP contribution in [-0.2, 0) is 6.42 Å². The highest BCUT2D eigenvalue weighted by Crippen LogP contribution is 2.38. The second-order valence-electron chi connectivity index (χ2n) is 5.00. The van der Waals surface area contributed by atoms with Gasteiger partial charge in [-0.2, -0.15) is 0 Å². The van der Waals surface area contributed by atoms with Crippen LogP contribution in [0.15, 0.2) is 17.5 Å². The van der Waals surface area contributed by atoms with Crippen molar-refractivity contribution in [3.8, 4) is 0 Å². The Morgan fingerprint density at radius 2 is 2.12 bits per heavy atom. The van der Waals surface area contributed by atoms with Crippen LogP contribution >= 0.6 is 11.3 Å². The summed E-state index contributed by atoms with van der Waals surface area (Å²) in [6, 6.07) is 4.18. The van der Waals surface area contributed by atoms with E-state index < -0.39 is 0 Å². The largest absolute Gasteiger partial charge is 0.391 e. The molecule has 1 atom stereocenters. The standard InChI is InChI=1S/C13H21NOS/c1-14(2)13(7-3-4-8-13)12(15)10-11-6-5-9-16-11/h5-6,9,12,15H,3-4,7-8,10H2,1-2H3. The van der Waals surface area contributed by atoms with Crippen molar-refractivity contribution in [2.24, 2.45) is 0 Å². The Bertz CT molecular complexity index is 315. The average molecular weight is 239 g/mol. The van der Waals surface area contributed by atoms with Gasteiger partial charge in [0, 0.05) is 16.8 Å². The van der Waals surface area contributed by atoms with Crippen molar-refractivity contribution in [1.82, 2.24) is 4.90 Å². The molecule has 0 aromatic carbocycles. The van der Waals surface area contributed by atoms with Gasteiger partial charge in [-0.25, -0.2) is 0 Å². The number of nitrogens with zero attached hydrogens (tertiary/aromatic N) is 1. The molecule has 0 aliphatic heterocycles. The van der Waals surface area contributed by atoms with E-state index >= 15 is 0 Å².